The third kappa shape index (κ3) is 2.42. The molecule has 1 N–H and O–H groups in total. The minimum absolute atomic E-state index is 0.229. The lowest BCUT2D eigenvalue weighted by molar-refractivity contribution is 0.0988. The number of amides is 1. The zero-order valence-electron chi connectivity index (χ0n) is 10.2. The van der Waals surface area contributed by atoms with Crippen molar-refractivity contribution in [2.45, 2.75) is 0 Å². The smallest absolute Gasteiger partial charge is 0.278 e. The molecule has 0 aliphatic rings. The first kappa shape index (κ1) is 12.0. The van der Waals surface area contributed by atoms with Gasteiger partial charge in [0.1, 0.15) is 11.5 Å². The van der Waals surface area contributed by atoms with Gasteiger partial charge >= 0.3 is 0 Å². The second-order valence-electron chi connectivity index (χ2n) is 3.61. The van der Waals surface area contributed by atoms with Crippen molar-refractivity contribution >= 4 is 17.4 Å². The molecule has 2 aromatic heterocycles. The topological polar surface area (TPSA) is 71.0 Å². The Morgan fingerprint density at radius 2 is 2.11 bits per heavy atom. The summed E-state index contributed by atoms with van der Waals surface area (Å²) in [5.41, 5.74) is 0.993. The monoisotopic (exact) mass is 243 g/mol. The van der Waals surface area contributed by atoms with Gasteiger partial charge in [0.2, 0.25) is 0 Å². The number of pyridine rings is 1. The molecule has 6 heteroatoms. The molecule has 0 aliphatic heterocycles. The normalized spacial score (nSPS) is 9.89. The summed E-state index contributed by atoms with van der Waals surface area (Å²) in [6, 6.07) is 3.58. The van der Waals surface area contributed by atoms with E-state index in [9.17, 15) is 4.79 Å². The van der Waals surface area contributed by atoms with Crippen LogP contribution >= 0.6 is 0 Å². The molecule has 6 nitrogen and oxygen atoms in total. The molecule has 0 saturated heterocycles. The number of nitrogens with one attached hydrogen (secondary N) is 1. The maximum Gasteiger partial charge on any atom is 0.278 e. The van der Waals surface area contributed by atoms with Gasteiger partial charge < -0.3 is 10.2 Å². The highest BCUT2D eigenvalue weighted by Crippen LogP contribution is 2.12. The predicted octanol–water partition coefficient (Wildman–Crippen LogP) is 1.19. The van der Waals surface area contributed by atoms with Crippen LogP contribution in [0.4, 0.5) is 11.5 Å². The van der Waals surface area contributed by atoms with E-state index in [0.717, 1.165) is 0 Å². The first-order chi connectivity index (χ1) is 8.72. The maximum atomic E-state index is 12.2. The van der Waals surface area contributed by atoms with Crippen molar-refractivity contribution in [1.82, 2.24) is 15.0 Å². The predicted molar refractivity (Wildman–Crippen MR) is 68.5 cm³/mol. The minimum Gasteiger partial charge on any atom is -0.372 e. The number of hydrogen-bond acceptors (Lipinski definition) is 5. The van der Waals surface area contributed by atoms with E-state index in [4.69, 9.17) is 0 Å². The quantitative estimate of drug-likeness (QED) is 0.876. The van der Waals surface area contributed by atoms with Crippen LogP contribution in [0.25, 0.3) is 0 Å². The summed E-state index contributed by atoms with van der Waals surface area (Å²) in [4.78, 5) is 25.8. The average molecular weight is 243 g/mol. The highest BCUT2D eigenvalue weighted by molar-refractivity contribution is 6.04. The zero-order chi connectivity index (χ0) is 13.0. The molecule has 1 amide bonds. The number of carbonyl (C=O) groups is 1. The van der Waals surface area contributed by atoms with Gasteiger partial charge in [-0.3, -0.25) is 14.8 Å². The molecular weight excluding hydrogens is 230 g/mol. The van der Waals surface area contributed by atoms with Crippen LogP contribution in [0.15, 0.2) is 36.9 Å². The number of nitrogens with zero attached hydrogens (tertiary/aromatic N) is 4. The van der Waals surface area contributed by atoms with Gasteiger partial charge in [-0.2, -0.15) is 0 Å². The van der Waals surface area contributed by atoms with Gasteiger partial charge in [-0.05, 0) is 12.1 Å². The van der Waals surface area contributed by atoms with Crippen LogP contribution in [0.2, 0.25) is 0 Å². The van der Waals surface area contributed by atoms with Gasteiger partial charge in [-0.25, -0.2) is 4.98 Å². The summed E-state index contributed by atoms with van der Waals surface area (Å²) in [7, 11) is 3.40. The van der Waals surface area contributed by atoms with Gasteiger partial charge in [0.05, 0.1) is 24.3 Å². The van der Waals surface area contributed by atoms with Crippen LogP contribution in [0, 0.1) is 0 Å². The first-order valence-corrected chi connectivity index (χ1v) is 5.40. The van der Waals surface area contributed by atoms with Crippen molar-refractivity contribution in [3.63, 3.8) is 0 Å². The summed E-state index contributed by atoms with van der Waals surface area (Å²) in [5, 5.41) is 2.84. The largest absolute Gasteiger partial charge is 0.372 e. The fourth-order valence-corrected chi connectivity index (χ4v) is 1.43. The number of carbonyl (C=O) groups excluding carboxylic acids is 1. The molecular formula is C12H13N5O. The van der Waals surface area contributed by atoms with Gasteiger partial charge in [0, 0.05) is 20.3 Å². The molecule has 0 aromatic carbocycles. The second-order valence-corrected chi connectivity index (χ2v) is 3.61. The Morgan fingerprint density at radius 3 is 2.78 bits per heavy atom. The van der Waals surface area contributed by atoms with Gasteiger partial charge in [-0.1, -0.05) is 0 Å². The molecule has 18 heavy (non-hydrogen) atoms. The standard InChI is InChI=1S/C12H13N5O/c1-13-11-8-15-7-10(16-11)12(18)17(2)9-4-3-5-14-6-9/h3-8H,1-2H3,(H,13,16). The Kier molecular flexibility index (Phi) is 3.47. The zero-order valence-corrected chi connectivity index (χ0v) is 10.2. The summed E-state index contributed by atoms with van der Waals surface area (Å²) in [5.74, 6) is 0.327. The molecule has 0 fully saturated rings. The Morgan fingerprint density at radius 1 is 1.28 bits per heavy atom. The molecule has 0 atom stereocenters. The molecule has 0 saturated carbocycles. The fraction of sp³-hybridized carbons (Fsp3) is 0.167. The summed E-state index contributed by atoms with van der Waals surface area (Å²) in [6.45, 7) is 0. The summed E-state index contributed by atoms with van der Waals surface area (Å²) < 4.78 is 0. The van der Waals surface area contributed by atoms with Crippen LogP contribution in [0.5, 0.6) is 0 Å². The lowest BCUT2D eigenvalue weighted by atomic mass is 10.3. The number of rotatable bonds is 3. The van der Waals surface area contributed by atoms with Crippen LogP contribution < -0.4 is 10.2 Å². The van der Waals surface area contributed by atoms with Crippen LogP contribution in [0.1, 0.15) is 10.5 Å². The van der Waals surface area contributed by atoms with E-state index in [1.54, 1.807) is 44.8 Å². The van der Waals surface area contributed by atoms with E-state index >= 15 is 0 Å². The van der Waals surface area contributed by atoms with E-state index in [-0.39, 0.29) is 11.6 Å². The van der Waals surface area contributed by atoms with Gasteiger partial charge in [0.25, 0.3) is 5.91 Å². The first-order valence-electron chi connectivity index (χ1n) is 5.40. The molecule has 2 aromatic rings. The van der Waals surface area contributed by atoms with Crippen molar-refractivity contribution in [2.75, 3.05) is 24.3 Å². The number of hydrogen-bond donors (Lipinski definition) is 1. The van der Waals surface area contributed by atoms with Gasteiger partial charge in [0.15, 0.2) is 0 Å². The third-order valence-corrected chi connectivity index (χ3v) is 2.45. The van der Waals surface area contributed by atoms with E-state index in [2.05, 4.69) is 20.3 Å². The van der Waals surface area contributed by atoms with Crippen molar-refractivity contribution in [3.8, 4) is 0 Å². The minimum atomic E-state index is -0.229. The van der Waals surface area contributed by atoms with Crippen LogP contribution in [-0.4, -0.2) is 35.0 Å². The summed E-state index contributed by atoms with van der Waals surface area (Å²) in [6.07, 6.45) is 6.27. The Hall–Kier alpha value is -2.50. The highest BCUT2D eigenvalue weighted by atomic mass is 16.2. The van der Waals surface area contributed by atoms with Crippen LogP contribution in [0.3, 0.4) is 0 Å². The van der Waals surface area contributed by atoms with Crippen molar-refractivity contribution in [2.24, 2.45) is 0 Å². The average Bonchev–Trinajstić information content (AvgIpc) is 2.46. The molecule has 0 unspecified atom stereocenters. The molecule has 0 bridgehead atoms. The molecule has 2 rings (SSSR count). The van der Waals surface area contributed by atoms with Crippen molar-refractivity contribution < 1.29 is 4.79 Å². The van der Waals surface area contributed by atoms with E-state index in [1.807, 2.05) is 0 Å². The molecule has 2 heterocycles. The van der Waals surface area contributed by atoms with E-state index < -0.39 is 0 Å². The SMILES string of the molecule is CNc1cncc(C(=O)N(C)c2cccnc2)n1. The maximum absolute atomic E-state index is 12.2. The molecule has 0 aliphatic carbocycles. The van der Waals surface area contributed by atoms with E-state index in [1.165, 1.54) is 11.1 Å². The molecule has 0 spiro atoms. The van der Waals surface area contributed by atoms with E-state index in [0.29, 0.717) is 11.5 Å². The lowest BCUT2D eigenvalue weighted by Crippen LogP contribution is -2.27. The Balaban J connectivity index is 2.25. The highest BCUT2D eigenvalue weighted by Gasteiger charge is 2.15. The lowest BCUT2D eigenvalue weighted by Gasteiger charge is -2.16. The third-order valence-electron chi connectivity index (χ3n) is 2.45. The van der Waals surface area contributed by atoms with Crippen molar-refractivity contribution in [3.05, 3.63) is 42.6 Å². The van der Waals surface area contributed by atoms with Crippen molar-refractivity contribution in [1.29, 1.82) is 0 Å². The van der Waals surface area contributed by atoms with Gasteiger partial charge in [-0.15, -0.1) is 0 Å². The summed E-state index contributed by atoms with van der Waals surface area (Å²) >= 11 is 0. The molecule has 0 radical (unpaired) electrons. The van der Waals surface area contributed by atoms with Crippen LogP contribution in [-0.2, 0) is 0 Å². The second kappa shape index (κ2) is 5.22. The number of anilines is 2. The Bertz CT molecular complexity index is 543. The Labute approximate surface area is 105 Å². The molecule has 92 valence electrons. The fourth-order valence-electron chi connectivity index (χ4n) is 1.43. The number of aromatic nitrogens is 3.